The minimum Gasteiger partial charge on any atom is -0.0874 e. The largest absolute Gasteiger partial charge is 0.180 e. The Morgan fingerprint density at radius 1 is 1.00 bits per heavy atom. The molecule has 0 aromatic rings. The first-order chi connectivity index (χ1) is 5.13. The number of hydrogen-bond acceptors (Lipinski definition) is 0. The Bertz CT molecular complexity index is 74.7. The van der Waals surface area contributed by atoms with Crippen LogP contribution in [0.3, 0.4) is 0 Å². The van der Waals surface area contributed by atoms with E-state index in [1.54, 1.807) is 0 Å². The molecule has 0 amide bonds. The highest BCUT2D eigenvalue weighted by Gasteiger charge is 2.05. The average molecular weight is 218 g/mol. The summed E-state index contributed by atoms with van der Waals surface area (Å²) in [5.41, 5.74) is 0. The highest BCUT2D eigenvalue weighted by molar-refractivity contribution is 6.63. The van der Waals surface area contributed by atoms with Gasteiger partial charge in [-0.2, -0.15) is 0 Å². The Morgan fingerprint density at radius 3 is 1.55 bits per heavy atom. The molecule has 1 rings (SSSR count). The summed E-state index contributed by atoms with van der Waals surface area (Å²) in [7, 11) is 0. The summed E-state index contributed by atoms with van der Waals surface area (Å²) < 4.78 is -0.750. The molecule has 11 heavy (non-hydrogen) atoms. The average Bonchev–Trinajstić information content (AvgIpc) is 1.87. The zero-order valence-electron chi connectivity index (χ0n) is 6.82. The van der Waals surface area contributed by atoms with Gasteiger partial charge in [0.05, 0.1) is 0 Å². The van der Waals surface area contributed by atoms with Crippen molar-refractivity contribution in [3.05, 3.63) is 0 Å². The lowest BCUT2D eigenvalue weighted by Crippen LogP contribution is -1.99. The smallest absolute Gasteiger partial charge is 0.0874 e. The van der Waals surface area contributed by atoms with Gasteiger partial charge in [-0.15, -0.1) is 0 Å². The molecule has 68 valence electrons. The first kappa shape index (κ1) is 11.9. The van der Waals surface area contributed by atoms with E-state index >= 15 is 0 Å². The minimum atomic E-state index is -0.750. The minimum absolute atomic E-state index is 0.750. The molecule has 3 heteroatoms. The van der Waals surface area contributed by atoms with Crippen molar-refractivity contribution in [2.45, 2.75) is 43.3 Å². The van der Waals surface area contributed by atoms with Crippen molar-refractivity contribution >= 4 is 34.8 Å². The Kier molecular flexibility index (Phi) is 8.11. The zero-order chi connectivity index (χ0) is 8.69. The second kappa shape index (κ2) is 7.52. The number of hydrogen-bond donors (Lipinski definition) is 0. The van der Waals surface area contributed by atoms with E-state index in [0.29, 0.717) is 0 Å². The molecule has 0 unspecified atom stereocenters. The van der Waals surface area contributed by atoms with E-state index in [1.807, 2.05) is 0 Å². The number of rotatable bonds is 0. The standard InChI is InChI=1S/C7H14.CHCl3/c1-7-5-3-2-4-6-7;2-1(3)4/h7H,2-6H2,1H3;1H. The molecule has 0 nitrogen and oxygen atoms in total. The normalized spacial score (nSPS) is 19.4. The van der Waals surface area contributed by atoms with Gasteiger partial charge in [-0.3, -0.25) is 0 Å². The molecule has 0 atom stereocenters. The van der Waals surface area contributed by atoms with Crippen LogP contribution in [-0.4, -0.2) is 4.30 Å². The van der Waals surface area contributed by atoms with E-state index in [-0.39, 0.29) is 0 Å². The summed E-state index contributed by atoms with van der Waals surface area (Å²) in [5, 5.41) is 0. The van der Waals surface area contributed by atoms with Gasteiger partial charge in [-0.1, -0.05) is 73.8 Å². The molecule has 0 spiro atoms. The predicted octanol–water partition coefficient (Wildman–Crippen LogP) is 4.57. The molecule has 0 bridgehead atoms. The second-order valence-corrected chi connectivity index (χ2v) is 4.97. The quantitative estimate of drug-likeness (QED) is 0.521. The summed E-state index contributed by atoms with van der Waals surface area (Å²) in [6, 6.07) is 0. The van der Waals surface area contributed by atoms with Crippen LogP contribution < -0.4 is 0 Å². The van der Waals surface area contributed by atoms with Crippen molar-refractivity contribution in [3.8, 4) is 0 Å². The second-order valence-electron chi connectivity index (χ2n) is 2.99. The van der Waals surface area contributed by atoms with Gasteiger partial charge in [-0.25, -0.2) is 0 Å². The maximum atomic E-state index is 4.81. The predicted molar refractivity (Wildman–Crippen MR) is 53.6 cm³/mol. The van der Waals surface area contributed by atoms with E-state index in [2.05, 4.69) is 6.92 Å². The molecule has 0 heterocycles. The summed E-state index contributed by atoms with van der Waals surface area (Å²) >= 11 is 14.4. The van der Waals surface area contributed by atoms with E-state index < -0.39 is 4.30 Å². The Hall–Kier alpha value is 0.870. The molecule has 0 saturated heterocycles. The maximum Gasteiger partial charge on any atom is 0.180 e. The third-order valence-electron chi connectivity index (χ3n) is 1.89. The van der Waals surface area contributed by atoms with Gasteiger partial charge in [0.1, 0.15) is 0 Å². The van der Waals surface area contributed by atoms with Crippen molar-refractivity contribution in [2.75, 3.05) is 0 Å². The SMILES string of the molecule is CC1CCCCC1.ClC(Cl)Cl. The van der Waals surface area contributed by atoms with Gasteiger partial charge in [0.2, 0.25) is 0 Å². The first-order valence-electron chi connectivity index (χ1n) is 4.05. The summed E-state index contributed by atoms with van der Waals surface area (Å²) in [6.45, 7) is 2.36. The molecule has 0 N–H and O–H groups in total. The van der Waals surface area contributed by atoms with Crippen LogP contribution in [0.2, 0.25) is 0 Å². The van der Waals surface area contributed by atoms with Crippen LogP contribution in [0.15, 0.2) is 0 Å². The fourth-order valence-electron chi connectivity index (χ4n) is 1.31. The van der Waals surface area contributed by atoms with Crippen LogP contribution in [0.4, 0.5) is 0 Å². The van der Waals surface area contributed by atoms with Crippen LogP contribution in [-0.2, 0) is 0 Å². The zero-order valence-corrected chi connectivity index (χ0v) is 9.09. The van der Waals surface area contributed by atoms with Crippen molar-refractivity contribution < 1.29 is 0 Å². The molecule has 0 aromatic carbocycles. The van der Waals surface area contributed by atoms with E-state index in [1.165, 1.54) is 32.1 Å². The van der Waals surface area contributed by atoms with E-state index in [0.717, 1.165) is 5.92 Å². The molecule has 1 aliphatic rings. The van der Waals surface area contributed by atoms with Crippen molar-refractivity contribution in [3.63, 3.8) is 0 Å². The highest BCUT2D eigenvalue weighted by Crippen LogP contribution is 2.22. The Balaban J connectivity index is 0.000000218. The molecule has 0 radical (unpaired) electrons. The van der Waals surface area contributed by atoms with Gasteiger partial charge >= 0.3 is 0 Å². The molecule has 1 aliphatic carbocycles. The van der Waals surface area contributed by atoms with Crippen molar-refractivity contribution in [2.24, 2.45) is 5.92 Å². The van der Waals surface area contributed by atoms with Crippen LogP contribution in [0.1, 0.15) is 39.0 Å². The molecule has 1 saturated carbocycles. The Morgan fingerprint density at radius 2 is 1.36 bits per heavy atom. The summed E-state index contributed by atoms with van der Waals surface area (Å²) in [5.74, 6) is 1.04. The van der Waals surface area contributed by atoms with Crippen LogP contribution in [0, 0.1) is 5.92 Å². The van der Waals surface area contributed by atoms with Gasteiger partial charge in [0.25, 0.3) is 0 Å². The van der Waals surface area contributed by atoms with Gasteiger partial charge in [0.15, 0.2) is 4.30 Å². The molecule has 1 fully saturated rings. The van der Waals surface area contributed by atoms with E-state index in [4.69, 9.17) is 34.8 Å². The number of alkyl halides is 3. The summed E-state index contributed by atoms with van der Waals surface area (Å²) in [4.78, 5) is 0. The monoisotopic (exact) mass is 216 g/mol. The van der Waals surface area contributed by atoms with Gasteiger partial charge < -0.3 is 0 Å². The fourth-order valence-corrected chi connectivity index (χ4v) is 1.31. The van der Waals surface area contributed by atoms with Gasteiger partial charge in [0, 0.05) is 0 Å². The fraction of sp³-hybridized carbons (Fsp3) is 1.00. The topological polar surface area (TPSA) is 0 Å². The molecular formula is C8H15Cl3. The highest BCUT2D eigenvalue weighted by atomic mass is 35.6. The lowest BCUT2D eigenvalue weighted by Gasteiger charge is -2.15. The van der Waals surface area contributed by atoms with Crippen LogP contribution in [0.25, 0.3) is 0 Å². The van der Waals surface area contributed by atoms with Crippen molar-refractivity contribution in [1.29, 1.82) is 0 Å². The third kappa shape index (κ3) is 10.9. The van der Waals surface area contributed by atoms with E-state index in [9.17, 15) is 0 Å². The molecular weight excluding hydrogens is 202 g/mol. The van der Waals surface area contributed by atoms with Crippen LogP contribution >= 0.6 is 34.8 Å². The summed E-state index contributed by atoms with van der Waals surface area (Å²) in [6.07, 6.45) is 7.44. The van der Waals surface area contributed by atoms with Crippen molar-refractivity contribution in [1.82, 2.24) is 0 Å². The molecule has 0 aliphatic heterocycles. The van der Waals surface area contributed by atoms with Crippen LogP contribution in [0.5, 0.6) is 0 Å². The van der Waals surface area contributed by atoms with Gasteiger partial charge in [-0.05, 0) is 5.92 Å². The first-order valence-corrected chi connectivity index (χ1v) is 5.36. The lowest BCUT2D eigenvalue weighted by molar-refractivity contribution is 0.385. The lowest BCUT2D eigenvalue weighted by atomic mass is 9.91. The molecule has 0 aromatic heterocycles. The number of halogens is 3. The third-order valence-corrected chi connectivity index (χ3v) is 1.89. The Labute approximate surface area is 84.2 Å². The maximum absolute atomic E-state index is 4.81.